The summed E-state index contributed by atoms with van der Waals surface area (Å²) < 4.78 is 5.19. The van der Waals surface area contributed by atoms with E-state index in [1.807, 2.05) is 30.3 Å². The molecule has 0 saturated heterocycles. The number of nitrogens with one attached hydrogen (secondary N) is 1. The number of nitrogens with zero attached hydrogens (tertiary/aromatic N) is 1. The number of fused-ring (bicyclic) bond motifs is 1. The van der Waals surface area contributed by atoms with Crippen LogP contribution in [0, 0.1) is 0 Å². The Hall–Kier alpha value is -2.08. The second-order valence-corrected chi connectivity index (χ2v) is 6.76. The smallest absolute Gasteiger partial charge is 0.324 e. The SMILES string of the molecule is CCOC(=O)[C@H](Sc1nc2c(c(=O)[nH]1)CCCC2)c1ccccc1. The molecule has 0 unspecified atom stereocenters. The summed E-state index contributed by atoms with van der Waals surface area (Å²) in [5, 5.41) is -0.0708. The number of thioether (sulfide) groups is 1. The molecule has 1 atom stereocenters. The normalized spacial score (nSPS) is 14.7. The molecule has 0 bridgehead atoms. The van der Waals surface area contributed by atoms with Gasteiger partial charge in [0.1, 0.15) is 5.25 Å². The van der Waals surface area contributed by atoms with Gasteiger partial charge >= 0.3 is 5.97 Å². The zero-order chi connectivity index (χ0) is 16.9. The molecule has 6 heteroatoms. The van der Waals surface area contributed by atoms with Crippen molar-refractivity contribution in [3.05, 3.63) is 57.5 Å². The highest BCUT2D eigenvalue weighted by molar-refractivity contribution is 8.00. The lowest BCUT2D eigenvalue weighted by Gasteiger charge is -2.17. The van der Waals surface area contributed by atoms with E-state index >= 15 is 0 Å². The largest absolute Gasteiger partial charge is 0.465 e. The fraction of sp³-hybridized carbons (Fsp3) is 0.389. The summed E-state index contributed by atoms with van der Waals surface area (Å²) >= 11 is 1.24. The van der Waals surface area contributed by atoms with E-state index in [2.05, 4.69) is 9.97 Å². The van der Waals surface area contributed by atoms with Gasteiger partial charge in [0.25, 0.3) is 5.56 Å². The summed E-state index contributed by atoms with van der Waals surface area (Å²) in [5.41, 5.74) is 2.40. The van der Waals surface area contributed by atoms with Crippen LogP contribution in [0.25, 0.3) is 0 Å². The molecule has 0 radical (unpaired) electrons. The average molecular weight is 344 g/mol. The first-order valence-electron chi connectivity index (χ1n) is 8.19. The predicted molar refractivity (Wildman–Crippen MR) is 93.2 cm³/mol. The summed E-state index contributed by atoms with van der Waals surface area (Å²) in [6, 6.07) is 9.42. The van der Waals surface area contributed by atoms with Crippen LogP contribution >= 0.6 is 11.8 Å². The van der Waals surface area contributed by atoms with Gasteiger partial charge in [-0.25, -0.2) is 4.98 Å². The van der Waals surface area contributed by atoms with Crippen LogP contribution in [0.4, 0.5) is 0 Å². The highest BCUT2D eigenvalue weighted by Gasteiger charge is 2.25. The van der Waals surface area contributed by atoms with Gasteiger partial charge in [-0.3, -0.25) is 9.59 Å². The molecule has 0 fully saturated rings. The molecule has 0 amide bonds. The molecular formula is C18H20N2O3S. The minimum Gasteiger partial charge on any atom is -0.465 e. The number of hydrogen-bond donors (Lipinski definition) is 1. The first-order chi connectivity index (χ1) is 11.7. The van der Waals surface area contributed by atoms with Crippen molar-refractivity contribution in [1.29, 1.82) is 0 Å². The maximum absolute atomic E-state index is 12.4. The fourth-order valence-corrected chi connectivity index (χ4v) is 3.84. The quantitative estimate of drug-likeness (QED) is 0.513. The third kappa shape index (κ3) is 3.70. The Morgan fingerprint density at radius 2 is 2.04 bits per heavy atom. The molecule has 2 aromatic rings. The van der Waals surface area contributed by atoms with Crippen LogP contribution in [-0.2, 0) is 22.4 Å². The standard InChI is InChI=1S/C18H20N2O3S/c1-2-23-17(22)15(12-8-4-3-5-9-12)24-18-19-14-11-7-6-10-13(14)16(21)20-18/h3-5,8-9,15H,2,6-7,10-11H2,1H3,(H,19,20,21)/t15-/m1/s1. The van der Waals surface area contributed by atoms with Gasteiger partial charge in [0.15, 0.2) is 5.16 Å². The Kier molecular flexibility index (Phi) is 5.35. The third-order valence-corrected chi connectivity index (χ3v) is 5.12. The van der Waals surface area contributed by atoms with Crippen LogP contribution in [0.5, 0.6) is 0 Å². The van der Waals surface area contributed by atoms with Crippen molar-refractivity contribution in [3.63, 3.8) is 0 Å². The first kappa shape index (κ1) is 16.8. The number of aromatic amines is 1. The molecule has 1 heterocycles. The van der Waals surface area contributed by atoms with E-state index in [1.165, 1.54) is 11.8 Å². The topological polar surface area (TPSA) is 72.0 Å². The molecule has 1 N–H and O–H groups in total. The van der Waals surface area contributed by atoms with Crippen molar-refractivity contribution in [2.24, 2.45) is 0 Å². The van der Waals surface area contributed by atoms with Crippen molar-refractivity contribution >= 4 is 17.7 Å². The fourth-order valence-electron chi connectivity index (χ4n) is 2.85. The van der Waals surface area contributed by atoms with Crippen LogP contribution in [-0.4, -0.2) is 22.5 Å². The number of hydrogen-bond acceptors (Lipinski definition) is 5. The van der Waals surface area contributed by atoms with Gasteiger partial charge in [0.2, 0.25) is 0 Å². The van der Waals surface area contributed by atoms with Gasteiger partial charge in [-0.05, 0) is 38.2 Å². The highest BCUT2D eigenvalue weighted by Crippen LogP contribution is 2.34. The zero-order valence-electron chi connectivity index (χ0n) is 13.6. The predicted octanol–water partition coefficient (Wildman–Crippen LogP) is 3.05. The summed E-state index contributed by atoms with van der Waals surface area (Å²) in [6.07, 6.45) is 3.68. The zero-order valence-corrected chi connectivity index (χ0v) is 14.4. The Labute approximate surface area is 144 Å². The number of aryl methyl sites for hydroxylation is 1. The van der Waals surface area contributed by atoms with E-state index < -0.39 is 5.25 Å². The summed E-state index contributed by atoms with van der Waals surface area (Å²) in [7, 11) is 0. The van der Waals surface area contributed by atoms with Crippen molar-refractivity contribution in [2.75, 3.05) is 6.61 Å². The van der Waals surface area contributed by atoms with Crippen LogP contribution in [0.15, 0.2) is 40.3 Å². The van der Waals surface area contributed by atoms with Gasteiger partial charge in [-0.1, -0.05) is 42.1 Å². The maximum atomic E-state index is 12.4. The first-order valence-corrected chi connectivity index (χ1v) is 9.07. The van der Waals surface area contributed by atoms with Crippen LogP contribution in [0.3, 0.4) is 0 Å². The van der Waals surface area contributed by atoms with Crippen LogP contribution in [0.2, 0.25) is 0 Å². The molecule has 0 spiro atoms. The van der Waals surface area contributed by atoms with E-state index in [9.17, 15) is 9.59 Å². The van der Waals surface area contributed by atoms with Crippen molar-refractivity contribution in [2.45, 2.75) is 43.0 Å². The lowest BCUT2D eigenvalue weighted by atomic mass is 9.97. The molecule has 0 aliphatic heterocycles. The van der Waals surface area contributed by atoms with Gasteiger partial charge in [-0.15, -0.1) is 0 Å². The van der Waals surface area contributed by atoms with E-state index in [4.69, 9.17) is 4.74 Å². The number of rotatable bonds is 5. The Bertz CT molecular complexity index is 774. The molecule has 126 valence electrons. The minimum atomic E-state index is -0.545. The molecular weight excluding hydrogens is 324 g/mol. The highest BCUT2D eigenvalue weighted by atomic mass is 32.2. The molecule has 1 aromatic heterocycles. The molecule has 5 nitrogen and oxygen atoms in total. The number of H-pyrrole nitrogens is 1. The van der Waals surface area contributed by atoms with Crippen molar-refractivity contribution < 1.29 is 9.53 Å². The Morgan fingerprint density at radius 1 is 1.29 bits per heavy atom. The number of ether oxygens (including phenoxy) is 1. The number of benzene rings is 1. The van der Waals surface area contributed by atoms with Gasteiger partial charge < -0.3 is 9.72 Å². The summed E-state index contributed by atoms with van der Waals surface area (Å²) in [4.78, 5) is 32.0. The van der Waals surface area contributed by atoms with Gasteiger partial charge in [0, 0.05) is 5.56 Å². The number of aromatic nitrogens is 2. The monoisotopic (exact) mass is 344 g/mol. The molecule has 0 saturated carbocycles. The second-order valence-electron chi connectivity index (χ2n) is 5.66. The van der Waals surface area contributed by atoms with Gasteiger partial charge in [0.05, 0.1) is 12.3 Å². The molecule has 3 rings (SSSR count). The van der Waals surface area contributed by atoms with Crippen LogP contribution < -0.4 is 5.56 Å². The molecule has 1 aliphatic rings. The van der Waals surface area contributed by atoms with E-state index in [-0.39, 0.29) is 11.5 Å². The van der Waals surface area contributed by atoms with Crippen LogP contribution in [0.1, 0.15) is 41.8 Å². The summed E-state index contributed by atoms with van der Waals surface area (Å²) in [5.74, 6) is -0.325. The molecule has 1 aliphatic carbocycles. The van der Waals surface area contributed by atoms with Gasteiger partial charge in [-0.2, -0.15) is 0 Å². The molecule has 24 heavy (non-hydrogen) atoms. The lowest BCUT2D eigenvalue weighted by Crippen LogP contribution is -2.22. The summed E-state index contributed by atoms with van der Waals surface area (Å²) in [6.45, 7) is 2.10. The number of carbonyl (C=O) groups excluding carboxylic acids is 1. The van der Waals surface area contributed by atoms with Crippen molar-refractivity contribution in [1.82, 2.24) is 9.97 Å². The second kappa shape index (κ2) is 7.66. The van der Waals surface area contributed by atoms with E-state index in [0.29, 0.717) is 11.8 Å². The van der Waals surface area contributed by atoms with E-state index in [0.717, 1.165) is 42.5 Å². The number of carbonyl (C=O) groups is 1. The van der Waals surface area contributed by atoms with E-state index in [1.54, 1.807) is 6.92 Å². The third-order valence-electron chi connectivity index (χ3n) is 4.00. The number of esters is 1. The maximum Gasteiger partial charge on any atom is 0.324 e. The Morgan fingerprint density at radius 3 is 2.79 bits per heavy atom. The average Bonchev–Trinajstić information content (AvgIpc) is 2.61. The molecule has 1 aromatic carbocycles. The Balaban J connectivity index is 1.91. The van der Waals surface area contributed by atoms with Crippen molar-refractivity contribution in [3.8, 4) is 0 Å². The lowest BCUT2D eigenvalue weighted by molar-refractivity contribution is -0.142. The minimum absolute atomic E-state index is 0.0853.